The predicted molar refractivity (Wildman–Crippen MR) is 68.8 cm³/mol. The van der Waals surface area contributed by atoms with Gasteiger partial charge in [-0.05, 0) is 41.5 Å². The average molecular weight is 228 g/mol. The fourth-order valence-electron chi connectivity index (χ4n) is 3.30. The van der Waals surface area contributed by atoms with Crippen molar-refractivity contribution in [2.45, 2.75) is 32.1 Å². The minimum absolute atomic E-state index is 0.0219. The van der Waals surface area contributed by atoms with Crippen LogP contribution in [0.1, 0.15) is 36.5 Å². The lowest BCUT2D eigenvalue weighted by atomic mass is 9.74. The first kappa shape index (κ1) is 10.8. The maximum absolute atomic E-state index is 13.4. The number of rotatable bonds is 0. The van der Waals surface area contributed by atoms with Crippen LogP contribution in [0, 0.1) is 12.8 Å². The van der Waals surface area contributed by atoms with Crippen LogP contribution in [-0.4, -0.2) is 0 Å². The third kappa shape index (κ3) is 1.41. The topological polar surface area (TPSA) is 0 Å². The van der Waals surface area contributed by atoms with Crippen LogP contribution in [0.4, 0.5) is 4.39 Å². The van der Waals surface area contributed by atoms with Gasteiger partial charge in [0.1, 0.15) is 5.83 Å². The van der Waals surface area contributed by atoms with E-state index in [2.05, 4.69) is 39.0 Å². The van der Waals surface area contributed by atoms with Gasteiger partial charge in [0.25, 0.3) is 0 Å². The molecule has 0 saturated carbocycles. The van der Waals surface area contributed by atoms with E-state index in [1.165, 1.54) is 16.7 Å². The predicted octanol–water partition coefficient (Wildman–Crippen LogP) is 4.41. The molecule has 3 rings (SSSR count). The lowest BCUT2D eigenvalue weighted by Gasteiger charge is -2.29. The molecule has 0 heterocycles. The SMILES string of the molecule is Cc1ccc2c(c1)C(C)(C)C1C=C(F)C=CC21. The zero-order chi connectivity index (χ0) is 12.2. The summed E-state index contributed by atoms with van der Waals surface area (Å²) in [5, 5.41) is 0. The molecule has 0 aromatic heterocycles. The van der Waals surface area contributed by atoms with Crippen LogP contribution < -0.4 is 0 Å². The molecule has 0 nitrogen and oxygen atoms in total. The molecule has 0 amide bonds. The smallest absolute Gasteiger partial charge is 0.119 e. The fraction of sp³-hybridized carbons (Fsp3) is 0.375. The van der Waals surface area contributed by atoms with Gasteiger partial charge in [-0.1, -0.05) is 43.7 Å². The van der Waals surface area contributed by atoms with Crippen molar-refractivity contribution in [3.05, 3.63) is 58.9 Å². The number of allylic oxidation sites excluding steroid dienone is 4. The summed E-state index contributed by atoms with van der Waals surface area (Å²) in [7, 11) is 0. The van der Waals surface area contributed by atoms with Gasteiger partial charge >= 0.3 is 0 Å². The first-order valence-electron chi connectivity index (χ1n) is 6.17. The van der Waals surface area contributed by atoms with Crippen LogP contribution in [0.2, 0.25) is 0 Å². The minimum Gasteiger partial charge on any atom is -0.207 e. The highest BCUT2D eigenvalue weighted by atomic mass is 19.1. The lowest BCUT2D eigenvalue weighted by molar-refractivity contribution is 0.385. The quantitative estimate of drug-likeness (QED) is 0.617. The van der Waals surface area contributed by atoms with Crippen molar-refractivity contribution in [1.82, 2.24) is 0 Å². The number of fused-ring (bicyclic) bond motifs is 3. The van der Waals surface area contributed by atoms with E-state index in [0.29, 0.717) is 5.92 Å². The number of benzene rings is 1. The van der Waals surface area contributed by atoms with Crippen molar-refractivity contribution in [3.63, 3.8) is 0 Å². The number of hydrogen-bond acceptors (Lipinski definition) is 0. The van der Waals surface area contributed by atoms with Crippen LogP contribution >= 0.6 is 0 Å². The van der Waals surface area contributed by atoms with Gasteiger partial charge in [-0.3, -0.25) is 0 Å². The Balaban J connectivity index is 2.21. The van der Waals surface area contributed by atoms with Crippen molar-refractivity contribution < 1.29 is 4.39 Å². The molecular weight excluding hydrogens is 211 g/mol. The van der Waals surface area contributed by atoms with Crippen LogP contribution in [0.3, 0.4) is 0 Å². The van der Waals surface area contributed by atoms with E-state index in [0.717, 1.165) is 0 Å². The van der Waals surface area contributed by atoms with Gasteiger partial charge in [0, 0.05) is 5.92 Å². The molecule has 0 saturated heterocycles. The second-order valence-electron chi connectivity index (χ2n) is 5.77. The van der Waals surface area contributed by atoms with E-state index in [4.69, 9.17) is 0 Å². The largest absolute Gasteiger partial charge is 0.207 e. The molecule has 17 heavy (non-hydrogen) atoms. The van der Waals surface area contributed by atoms with Gasteiger partial charge in [0.2, 0.25) is 0 Å². The Bertz CT molecular complexity index is 534. The molecule has 1 heteroatoms. The normalized spacial score (nSPS) is 28.6. The van der Waals surface area contributed by atoms with E-state index < -0.39 is 0 Å². The molecule has 2 atom stereocenters. The third-order valence-corrected chi connectivity index (χ3v) is 4.28. The molecule has 1 aromatic carbocycles. The first-order chi connectivity index (χ1) is 8.00. The van der Waals surface area contributed by atoms with Crippen LogP contribution in [0.5, 0.6) is 0 Å². The Kier molecular flexibility index (Phi) is 2.10. The highest BCUT2D eigenvalue weighted by molar-refractivity contribution is 5.50. The maximum atomic E-state index is 13.4. The highest BCUT2D eigenvalue weighted by Gasteiger charge is 2.45. The van der Waals surface area contributed by atoms with E-state index in [1.54, 1.807) is 12.2 Å². The van der Waals surface area contributed by atoms with E-state index in [1.807, 2.05) is 6.08 Å². The van der Waals surface area contributed by atoms with Gasteiger partial charge in [-0.25, -0.2) is 4.39 Å². The van der Waals surface area contributed by atoms with Gasteiger partial charge in [0.15, 0.2) is 0 Å². The van der Waals surface area contributed by atoms with Crippen LogP contribution in [0.25, 0.3) is 0 Å². The monoisotopic (exact) mass is 228 g/mol. The van der Waals surface area contributed by atoms with Crippen LogP contribution in [0.15, 0.2) is 42.3 Å². The van der Waals surface area contributed by atoms with E-state index >= 15 is 0 Å². The molecule has 0 spiro atoms. The average Bonchev–Trinajstić information content (AvgIpc) is 2.49. The molecule has 2 unspecified atom stereocenters. The molecule has 0 bridgehead atoms. The second-order valence-corrected chi connectivity index (χ2v) is 5.77. The van der Waals surface area contributed by atoms with E-state index in [9.17, 15) is 4.39 Å². The molecule has 0 radical (unpaired) electrons. The Morgan fingerprint density at radius 1 is 1.24 bits per heavy atom. The summed E-state index contributed by atoms with van der Waals surface area (Å²) in [6.45, 7) is 6.56. The molecule has 1 aromatic rings. The molecule has 0 aliphatic heterocycles. The highest BCUT2D eigenvalue weighted by Crippen LogP contribution is 2.53. The lowest BCUT2D eigenvalue weighted by Crippen LogP contribution is -2.25. The van der Waals surface area contributed by atoms with Crippen molar-refractivity contribution in [1.29, 1.82) is 0 Å². The zero-order valence-electron chi connectivity index (χ0n) is 10.5. The second kappa shape index (κ2) is 3.32. The number of aryl methyl sites for hydroxylation is 1. The first-order valence-corrected chi connectivity index (χ1v) is 6.17. The van der Waals surface area contributed by atoms with Crippen LogP contribution in [-0.2, 0) is 5.41 Å². The molecule has 0 N–H and O–H groups in total. The Labute approximate surface area is 102 Å². The molecule has 2 aliphatic rings. The maximum Gasteiger partial charge on any atom is 0.119 e. The Morgan fingerprint density at radius 3 is 2.76 bits per heavy atom. The zero-order valence-corrected chi connectivity index (χ0v) is 10.5. The standard InChI is InChI=1S/C16H17F/c1-10-4-6-12-13-7-5-11(17)9-15(13)16(2,3)14(12)8-10/h4-9,13,15H,1-3H3. The summed E-state index contributed by atoms with van der Waals surface area (Å²) in [6, 6.07) is 6.62. The summed E-state index contributed by atoms with van der Waals surface area (Å²) in [5.74, 6) is 0.508. The van der Waals surface area contributed by atoms with Crippen molar-refractivity contribution in [2.24, 2.45) is 5.92 Å². The third-order valence-electron chi connectivity index (χ3n) is 4.28. The van der Waals surface area contributed by atoms with Crippen molar-refractivity contribution >= 4 is 0 Å². The summed E-state index contributed by atoms with van der Waals surface area (Å²) >= 11 is 0. The summed E-state index contributed by atoms with van der Waals surface area (Å²) in [5.41, 5.74) is 4.05. The molecule has 0 fully saturated rings. The Morgan fingerprint density at radius 2 is 2.00 bits per heavy atom. The van der Waals surface area contributed by atoms with Gasteiger partial charge in [0.05, 0.1) is 0 Å². The fourth-order valence-corrected chi connectivity index (χ4v) is 3.30. The number of halogens is 1. The molecular formula is C16H17F. The van der Waals surface area contributed by atoms with Gasteiger partial charge in [-0.2, -0.15) is 0 Å². The van der Waals surface area contributed by atoms with Gasteiger partial charge in [-0.15, -0.1) is 0 Å². The summed E-state index contributed by atoms with van der Waals surface area (Å²) < 4.78 is 13.4. The molecule has 88 valence electrons. The van der Waals surface area contributed by atoms with E-state index in [-0.39, 0.29) is 17.2 Å². The van der Waals surface area contributed by atoms with Crippen molar-refractivity contribution in [2.75, 3.05) is 0 Å². The Hall–Kier alpha value is -1.37. The number of hydrogen-bond donors (Lipinski definition) is 0. The van der Waals surface area contributed by atoms with Crippen molar-refractivity contribution in [3.8, 4) is 0 Å². The molecule has 2 aliphatic carbocycles. The van der Waals surface area contributed by atoms with Gasteiger partial charge < -0.3 is 0 Å². The summed E-state index contributed by atoms with van der Waals surface area (Å²) in [6.07, 6.45) is 5.41. The minimum atomic E-state index is -0.0937. The summed E-state index contributed by atoms with van der Waals surface area (Å²) in [4.78, 5) is 0.